The van der Waals surface area contributed by atoms with Crippen molar-refractivity contribution >= 4 is 46.5 Å². The smallest absolute Gasteiger partial charge is 0.342 e. The number of hydroxylamine groups is 2. The summed E-state index contributed by atoms with van der Waals surface area (Å²) in [6.07, 6.45) is 2.17. The number of fused-ring (bicyclic) bond motifs is 1. The number of nitrogens with one attached hydrogen (secondary N) is 2. The van der Waals surface area contributed by atoms with Crippen molar-refractivity contribution < 1.29 is 29.1 Å². The number of nitrogens with zero attached hydrogens (tertiary/aromatic N) is 1. The van der Waals surface area contributed by atoms with Gasteiger partial charge in [0.25, 0.3) is 5.91 Å². The van der Waals surface area contributed by atoms with E-state index in [9.17, 15) is 24.3 Å². The third kappa shape index (κ3) is 5.29. The van der Waals surface area contributed by atoms with Crippen LogP contribution in [0.4, 0.5) is 4.79 Å². The number of amides is 3. The molecule has 0 radical (unpaired) electrons. The van der Waals surface area contributed by atoms with E-state index in [0.29, 0.717) is 16.7 Å². The van der Waals surface area contributed by atoms with Gasteiger partial charge in [-0.1, -0.05) is 18.2 Å². The summed E-state index contributed by atoms with van der Waals surface area (Å²) in [5, 5.41) is 16.3. The number of hydrogen-bond donors (Lipinski definition) is 3. The summed E-state index contributed by atoms with van der Waals surface area (Å²) >= 11 is 2.71. The lowest BCUT2D eigenvalue weighted by molar-refractivity contribution is -0.218. The van der Waals surface area contributed by atoms with Crippen LogP contribution in [0.3, 0.4) is 0 Å². The summed E-state index contributed by atoms with van der Waals surface area (Å²) < 4.78 is 0. The van der Waals surface area contributed by atoms with Crippen molar-refractivity contribution in [2.45, 2.75) is 62.1 Å². The van der Waals surface area contributed by atoms with Gasteiger partial charge in [-0.15, -0.1) is 5.06 Å². The lowest BCUT2D eigenvalue weighted by atomic mass is 10.0. The number of thioether (sulfide) groups is 2. The fourth-order valence-electron chi connectivity index (χ4n) is 3.36. The molecule has 0 bridgehead atoms. The zero-order chi connectivity index (χ0) is 19.4. The van der Waals surface area contributed by atoms with E-state index < -0.39 is 18.1 Å². The maximum atomic E-state index is 11.9. The molecule has 3 saturated heterocycles. The van der Waals surface area contributed by atoms with E-state index in [1.165, 1.54) is 0 Å². The molecule has 3 rings (SSSR count). The summed E-state index contributed by atoms with van der Waals surface area (Å²) in [5.41, 5.74) is 0. The number of aliphatic hydroxyl groups excluding tert-OH is 1. The largest absolute Gasteiger partial charge is 0.370 e. The number of hydrogen-bond acceptors (Lipinski definition) is 8. The zero-order valence-corrected chi connectivity index (χ0v) is 16.4. The van der Waals surface area contributed by atoms with Gasteiger partial charge in [0.05, 0.1) is 12.1 Å². The molecule has 11 heteroatoms. The predicted molar refractivity (Wildman–Crippen MR) is 99.6 cm³/mol. The lowest BCUT2D eigenvalue weighted by Gasteiger charge is -2.18. The molecule has 3 heterocycles. The summed E-state index contributed by atoms with van der Waals surface area (Å²) in [6, 6.07) is 0.277. The number of carbonyl (C=O) groups is 4. The average molecular weight is 418 g/mol. The van der Waals surface area contributed by atoms with E-state index in [-0.39, 0.29) is 41.8 Å². The molecule has 1 unspecified atom stereocenters. The van der Waals surface area contributed by atoms with Crippen LogP contribution >= 0.6 is 23.5 Å². The molecular formula is C16H23N3O6S2. The van der Waals surface area contributed by atoms with Gasteiger partial charge in [-0.3, -0.25) is 9.59 Å². The Kier molecular flexibility index (Phi) is 6.88. The monoisotopic (exact) mass is 417 g/mol. The number of carbonyl (C=O) groups excluding carboxylic acids is 4. The molecule has 150 valence electrons. The molecule has 0 aromatic rings. The Morgan fingerprint density at radius 1 is 1.30 bits per heavy atom. The van der Waals surface area contributed by atoms with Gasteiger partial charge in [-0.25, -0.2) is 9.59 Å². The highest BCUT2D eigenvalue weighted by molar-refractivity contribution is 8.14. The Balaban J connectivity index is 1.26. The molecule has 4 atom stereocenters. The van der Waals surface area contributed by atoms with Crippen LogP contribution in [0.5, 0.6) is 0 Å². The molecule has 9 nitrogen and oxygen atoms in total. The minimum absolute atomic E-state index is 0.100. The predicted octanol–water partition coefficient (Wildman–Crippen LogP) is 0.371. The fourth-order valence-corrected chi connectivity index (χ4v) is 5.53. The van der Waals surface area contributed by atoms with Crippen molar-refractivity contribution in [3.05, 3.63) is 0 Å². The SMILES string of the molecule is O=C1N[C@H]2[C@H](CS[C@H]2CCCCC(=O)SCC(=O)ON2C(=O)CCC2O)N1. The van der Waals surface area contributed by atoms with Crippen molar-refractivity contribution in [1.29, 1.82) is 0 Å². The van der Waals surface area contributed by atoms with Gasteiger partial charge in [-0.2, -0.15) is 11.8 Å². The van der Waals surface area contributed by atoms with Crippen LogP contribution in [0.25, 0.3) is 0 Å². The average Bonchev–Trinajstić information content (AvgIpc) is 3.27. The van der Waals surface area contributed by atoms with Gasteiger partial charge >= 0.3 is 12.0 Å². The van der Waals surface area contributed by atoms with Gasteiger partial charge in [0.1, 0.15) is 5.75 Å². The lowest BCUT2D eigenvalue weighted by Crippen LogP contribution is -2.36. The number of rotatable bonds is 8. The van der Waals surface area contributed by atoms with Crippen LogP contribution < -0.4 is 10.6 Å². The van der Waals surface area contributed by atoms with E-state index in [2.05, 4.69) is 10.6 Å². The Labute approximate surface area is 165 Å². The summed E-state index contributed by atoms with van der Waals surface area (Å²) in [7, 11) is 0. The fraction of sp³-hybridized carbons (Fsp3) is 0.750. The first-order chi connectivity index (χ1) is 12.9. The second kappa shape index (κ2) is 9.16. The molecule has 3 aliphatic rings. The molecular weight excluding hydrogens is 394 g/mol. The minimum atomic E-state index is -1.10. The zero-order valence-electron chi connectivity index (χ0n) is 14.7. The third-order valence-electron chi connectivity index (χ3n) is 4.74. The Hall–Kier alpha value is -1.46. The quantitative estimate of drug-likeness (QED) is 0.382. The standard InChI is InChI=1S/C16H23N3O6S2/c20-11-5-6-12(21)19(11)25-13(22)8-27-14(23)4-2-1-3-10-15-9(7-26-10)17-16(24)18-15/h9-11,15,20H,1-8H2,(H2,17,18,24)/t9-,10-,11?,15-/m0/s1. The van der Waals surface area contributed by atoms with Gasteiger partial charge in [0.2, 0.25) is 0 Å². The summed E-state index contributed by atoms with van der Waals surface area (Å²) in [6.45, 7) is 0. The Morgan fingerprint density at radius 2 is 2.11 bits per heavy atom. The van der Waals surface area contributed by atoms with Gasteiger partial charge < -0.3 is 20.6 Å². The second-order valence-electron chi connectivity index (χ2n) is 6.73. The minimum Gasteiger partial charge on any atom is -0.370 e. The first-order valence-corrected chi connectivity index (χ1v) is 11.0. The second-order valence-corrected chi connectivity index (χ2v) is 9.04. The summed E-state index contributed by atoms with van der Waals surface area (Å²) in [5.74, 6) is -0.428. The van der Waals surface area contributed by atoms with E-state index in [4.69, 9.17) is 4.84 Å². The molecule has 3 amide bonds. The molecule has 3 aliphatic heterocycles. The molecule has 0 aliphatic carbocycles. The highest BCUT2D eigenvalue weighted by atomic mass is 32.2. The molecule has 3 fully saturated rings. The highest BCUT2D eigenvalue weighted by Crippen LogP contribution is 2.33. The Morgan fingerprint density at radius 3 is 2.85 bits per heavy atom. The molecule has 3 N–H and O–H groups in total. The van der Waals surface area contributed by atoms with Gasteiger partial charge in [-0.05, 0) is 12.8 Å². The van der Waals surface area contributed by atoms with Crippen molar-refractivity contribution in [2.75, 3.05) is 11.5 Å². The molecule has 0 saturated carbocycles. The first kappa shape index (κ1) is 20.3. The van der Waals surface area contributed by atoms with Crippen LogP contribution in [-0.2, 0) is 19.2 Å². The van der Waals surface area contributed by atoms with E-state index in [1.807, 2.05) is 11.8 Å². The normalized spacial score (nSPS) is 29.4. The van der Waals surface area contributed by atoms with Gasteiger partial charge in [0.15, 0.2) is 11.3 Å². The van der Waals surface area contributed by atoms with Crippen LogP contribution in [0, 0.1) is 0 Å². The van der Waals surface area contributed by atoms with Crippen molar-refractivity contribution in [1.82, 2.24) is 15.7 Å². The Bertz CT molecular complexity index is 619. The summed E-state index contributed by atoms with van der Waals surface area (Å²) in [4.78, 5) is 51.1. The van der Waals surface area contributed by atoms with Crippen LogP contribution in [0.15, 0.2) is 0 Å². The van der Waals surface area contributed by atoms with Gasteiger partial charge in [0, 0.05) is 30.3 Å². The maximum Gasteiger partial charge on any atom is 0.342 e. The molecule has 0 aromatic carbocycles. The van der Waals surface area contributed by atoms with E-state index >= 15 is 0 Å². The molecule has 27 heavy (non-hydrogen) atoms. The number of unbranched alkanes of at least 4 members (excludes halogenated alkanes) is 1. The van der Waals surface area contributed by atoms with Crippen LogP contribution in [0.2, 0.25) is 0 Å². The topological polar surface area (TPSA) is 125 Å². The van der Waals surface area contributed by atoms with Crippen molar-refractivity contribution in [3.8, 4) is 0 Å². The van der Waals surface area contributed by atoms with Crippen molar-refractivity contribution in [2.24, 2.45) is 0 Å². The number of aliphatic hydroxyl groups is 1. The van der Waals surface area contributed by atoms with E-state index in [1.54, 1.807) is 0 Å². The van der Waals surface area contributed by atoms with Crippen molar-refractivity contribution in [3.63, 3.8) is 0 Å². The highest BCUT2D eigenvalue weighted by Gasteiger charge is 2.42. The first-order valence-electron chi connectivity index (χ1n) is 8.99. The van der Waals surface area contributed by atoms with E-state index in [0.717, 1.165) is 36.8 Å². The maximum absolute atomic E-state index is 11.9. The molecule has 0 spiro atoms. The third-order valence-corrected chi connectivity index (χ3v) is 7.16. The molecule has 0 aromatic heterocycles. The number of urea groups is 1. The van der Waals surface area contributed by atoms with Crippen LogP contribution in [0.1, 0.15) is 38.5 Å². The van der Waals surface area contributed by atoms with Crippen LogP contribution in [-0.4, -0.2) is 68.3 Å².